The Hall–Kier alpha value is -2.64. The summed E-state index contributed by atoms with van der Waals surface area (Å²) < 4.78 is 5.42. The van der Waals surface area contributed by atoms with Crippen LogP contribution in [0.25, 0.3) is 10.9 Å². The number of aromatic nitrogens is 2. The molecule has 2 atom stereocenters. The molecule has 1 N–H and O–H groups in total. The smallest absolute Gasteiger partial charge is 0.303 e. The normalized spacial score (nSPS) is 18.4. The number of pyridine rings is 2. The van der Waals surface area contributed by atoms with E-state index in [1.54, 1.807) is 7.11 Å². The van der Waals surface area contributed by atoms with Crippen LogP contribution >= 0.6 is 11.8 Å². The number of rotatable bonds is 13. The molecule has 0 bridgehead atoms. The molecule has 4 rings (SSSR count). The van der Waals surface area contributed by atoms with Gasteiger partial charge in [-0.1, -0.05) is 0 Å². The SMILES string of the molecule is COc1ccc2nccc(CCC[C@@H]3CCN(CCCSc4cccnc4)C[C@@H]3CCC(=O)O)c2c1. The molecule has 0 aliphatic carbocycles. The molecule has 0 spiro atoms. The Morgan fingerprint density at radius 1 is 1.17 bits per heavy atom. The van der Waals surface area contributed by atoms with E-state index in [4.69, 9.17) is 4.74 Å². The van der Waals surface area contributed by atoms with E-state index in [-0.39, 0.29) is 6.42 Å². The van der Waals surface area contributed by atoms with Gasteiger partial charge in [-0.05, 0) is 111 Å². The molecule has 7 heteroatoms. The van der Waals surface area contributed by atoms with Crippen molar-refractivity contribution in [1.82, 2.24) is 14.9 Å². The Morgan fingerprint density at radius 2 is 2.08 bits per heavy atom. The van der Waals surface area contributed by atoms with Crippen LogP contribution in [-0.2, 0) is 11.2 Å². The number of ether oxygens (including phenoxy) is 1. The summed E-state index contributed by atoms with van der Waals surface area (Å²) in [6.07, 6.45) is 12.2. The first-order chi connectivity index (χ1) is 17.6. The Kier molecular flexibility index (Phi) is 9.99. The first kappa shape index (κ1) is 26.4. The van der Waals surface area contributed by atoms with Crippen LogP contribution in [0.15, 0.2) is 59.9 Å². The molecule has 1 aliphatic heterocycles. The minimum atomic E-state index is -0.684. The summed E-state index contributed by atoms with van der Waals surface area (Å²) in [7, 11) is 1.69. The monoisotopic (exact) mass is 507 g/mol. The van der Waals surface area contributed by atoms with Gasteiger partial charge in [0.2, 0.25) is 0 Å². The molecule has 3 aromatic rings. The second-order valence-electron chi connectivity index (χ2n) is 9.68. The zero-order chi connectivity index (χ0) is 25.2. The van der Waals surface area contributed by atoms with Gasteiger partial charge in [-0.25, -0.2) is 0 Å². The highest BCUT2D eigenvalue weighted by Crippen LogP contribution is 2.32. The number of hydrogen-bond acceptors (Lipinski definition) is 6. The van der Waals surface area contributed by atoms with Crippen LogP contribution in [0.4, 0.5) is 0 Å². The Labute approximate surface area is 218 Å². The van der Waals surface area contributed by atoms with Crippen molar-refractivity contribution in [2.24, 2.45) is 11.8 Å². The first-order valence-corrected chi connectivity index (χ1v) is 14.0. The second-order valence-corrected chi connectivity index (χ2v) is 10.8. The van der Waals surface area contributed by atoms with Crippen LogP contribution in [0.1, 0.15) is 44.1 Å². The van der Waals surface area contributed by atoms with Crippen molar-refractivity contribution < 1.29 is 14.6 Å². The van der Waals surface area contributed by atoms with Crippen molar-refractivity contribution in [3.8, 4) is 5.75 Å². The van der Waals surface area contributed by atoms with E-state index in [9.17, 15) is 9.90 Å². The highest BCUT2D eigenvalue weighted by atomic mass is 32.2. The first-order valence-electron chi connectivity index (χ1n) is 13.0. The summed E-state index contributed by atoms with van der Waals surface area (Å²) in [4.78, 5) is 23.8. The number of fused-ring (bicyclic) bond motifs is 1. The zero-order valence-electron chi connectivity index (χ0n) is 21.1. The van der Waals surface area contributed by atoms with Crippen LogP contribution < -0.4 is 4.74 Å². The van der Waals surface area contributed by atoms with Gasteiger partial charge in [0.25, 0.3) is 0 Å². The van der Waals surface area contributed by atoms with E-state index in [1.165, 1.54) is 15.8 Å². The topological polar surface area (TPSA) is 75.5 Å². The molecule has 0 amide bonds. The fourth-order valence-corrected chi connectivity index (χ4v) is 6.19. The lowest BCUT2D eigenvalue weighted by Gasteiger charge is -2.39. The van der Waals surface area contributed by atoms with Gasteiger partial charge >= 0.3 is 5.97 Å². The zero-order valence-corrected chi connectivity index (χ0v) is 22.0. The van der Waals surface area contributed by atoms with Gasteiger partial charge in [0.1, 0.15) is 5.75 Å². The molecule has 6 nitrogen and oxygen atoms in total. The number of piperidine rings is 1. The Morgan fingerprint density at radius 3 is 2.89 bits per heavy atom. The molecule has 36 heavy (non-hydrogen) atoms. The van der Waals surface area contributed by atoms with Gasteiger partial charge in [-0.15, -0.1) is 11.8 Å². The van der Waals surface area contributed by atoms with E-state index in [1.807, 2.05) is 48.6 Å². The predicted molar refractivity (Wildman–Crippen MR) is 146 cm³/mol. The second kappa shape index (κ2) is 13.6. The van der Waals surface area contributed by atoms with Crippen molar-refractivity contribution in [3.63, 3.8) is 0 Å². The van der Waals surface area contributed by atoms with Crippen molar-refractivity contribution in [3.05, 3.63) is 60.6 Å². The third-order valence-corrected chi connectivity index (χ3v) is 8.35. The van der Waals surface area contributed by atoms with Gasteiger partial charge in [-0.3, -0.25) is 14.8 Å². The van der Waals surface area contributed by atoms with Crippen molar-refractivity contribution >= 4 is 28.6 Å². The van der Waals surface area contributed by atoms with Gasteiger partial charge < -0.3 is 14.7 Å². The van der Waals surface area contributed by atoms with E-state index < -0.39 is 5.97 Å². The molecular formula is C29H37N3O3S. The summed E-state index contributed by atoms with van der Waals surface area (Å²) in [5.41, 5.74) is 2.31. The van der Waals surface area contributed by atoms with Crippen molar-refractivity contribution in [2.45, 2.75) is 49.8 Å². The van der Waals surface area contributed by atoms with E-state index in [0.29, 0.717) is 11.8 Å². The highest BCUT2D eigenvalue weighted by molar-refractivity contribution is 7.99. The molecule has 0 radical (unpaired) electrons. The molecule has 1 saturated heterocycles. The lowest BCUT2D eigenvalue weighted by molar-refractivity contribution is -0.137. The number of thioether (sulfide) groups is 1. The largest absolute Gasteiger partial charge is 0.497 e. The number of aryl methyl sites for hydroxylation is 1. The predicted octanol–water partition coefficient (Wildman–Crippen LogP) is 5.95. The van der Waals surface area contributed by atoms with Crippen LogP contribution in [0, 0.1) is 11.8 Å². The van der Waals surface area contributed by atoms with Gasteiger partial charge in [0.15, 0.2) is 0 Å². The fraction of sp³-hybridized carbons (Fsp3) is 0.483. The molecule has 192 valence electrons. The van der Waals surface area contributed by atoms with Crippen LogP contribution in [0.2, 0.25) is 0 Å². The number of carboxylic acid groups (broad SMARTS) is 1. The number of carbonyl (C=O) groups is 1. The number of nitrogens with zero attached hydrogens (tertiary/aromatic N) is 3. The average molecular weight is 508 g/mol. The summed E-state index contributed by atoms with van der Waals surface area (Å²) in [5.74, 6) is 2.30. The van der Waals surface area contributed by atoms with E-state index in [0.717, 1.165) is 75.2 Å². The third kappa shape index (κ3) is 7.68. The Bertz CT molecular complexity index is 1110. The maximum atomic E-state index is 11.3. The third-order valence-electron chi connectivity index (χ3n) is 7.29. The van der Waals surface area contributed by atoms with Crippen LogP contribution in [0.3, 0.4) is 0 Å². The number of aliphatic carboxylic acids is 1. The summed E-state index contributed by atoms with van der Waals surface area (Å²) in [6, 6.07) is 12.3. The number of likely N-dealkylation sites (tertiary alicyclic amines) is 1. The van der Waals surface area contributed by atoms with Gasteiger partial charge in [-0.2, -0.15) is 0 Å². The van der Waals surface area contributed by atoms with E-state index >= 15 is 0 Å². The minimum Gasteiger partial charge on any atom is -0.497 e. The molecule has 0 unspecified atom stereocenters. The molecular weight excluding hydrogens is 470 g/mol. The fourth-order valence-electron chi connectivity index (χ4n) is 5.37. The molecule has 0 saturated carbocycles. The maximum absolute atomic E-state index is 11.3. The summed E-state index contributed by atoms with van der Waals surface area (Å²) in [5, 5.41) is 10.5. The highest BCUT2D eigenvalue weighted by Gasteiger charge is 2.29. The summed E-state index contributed by atoms with van der Waals surface area (Å²) >= 11 is 1.86. The van der Waals surface area contributed by atoms with Gasteiger partial charge in [0.05, 0.1) is 12.6 Å². The number of benzene rings is 1. The number of hydrogen-bond donors (Lipinski definition) is 1. The molecule has 3 heterocycles. The van der Waals surface area contributed by atoms with Gasteiger partial charge in [0, 0.05) is 41.8 Å². The van der Waals surface area contributed by atoms with Crippen molar-refractivity contribution in [2.75, 3.05) is 32.5 Å². The molecule has 1 aromatic carbocycles. The lowest BCUT2D eigenvalue weighted by atomic mass is 9.79. The quantitative estimate of drug-likeness (QED) is 0.226. The lowest BCUT2D eigenvalue weighted by Crippen LogP contribution is -2.41. The summed E-state index contributed by atoms with van der Waals surface area (Å²) in [6.45, 7) is 3.21. The minimum absolute atomic E-state index is 0.265. The maximum Gasteiger partial charge on any atom is 0.303 e. The van der Waals surface area contributed by atoms with E-state index in [2.05, 4.69) is 33.1 Å². The van der Waals surface area contributed by atoms with Crippen molar-refractivity contribution in [1.29, 1.82) is 0 Å². The molecule has 2 aromatic heterocycles. The van der Waals surface area contributed by atoms with Crippen LogP contribution in [0.5, 0.6) is 5.75 Å². The number of methoxy groups -OCH3 is 1. The number of carboxylic acids is 1. The average Bonchev–Trinajstić information content (AvgIpc) is 2.91. The Balaban J connectivity index is 1.28. The standard InChI is InChI=1S/C29H37N3O3S/c1-35-25-9-10-28-27(19-25)23(12-15-31-28)6-2-5-22-13-17-32(21-24(22)8-11-29(33)34)16-4-18-36-26-7-3-14-30-20-26/h3,7,9-10,12,14-15,19-20,22,24H,2,4-6,8,11,13,16-18,21H2,1H3,(H,33,34)/t22-,24+/m1/s1. The molecule has 1 aliphatic rings. The molecule has 1 fully saturated rings. The van der Waals surface area contributed by atoms with Crippen LogP contribution in [-0.4, -0.2) is 58.4 Å².